The predicted octanol–water partition coefficient (Wildman–Crippen LogP) is 6.80. The first-order valence-corrected chi connectivity index (χ1v) is 8.32. The van der Waals surface area contributed by atoms with Crippen LogP contribution in [0.15, 0.2) is 0 Å². The number of hydrogen-bond acceptors (Lipinski definition) is 0. The molecule has 2 rings (SSSR count). The Morgan fingerprint density at radius 3 is 0.458 bits per heavy atom. The van der Waals surface area contributed by atoms with Gasteiger partial charge < -0.3 is 0 Å². The van der Waals surface area contributed by atoms with E-state index in [9.17, 15) is 0 Å². The Labute approximate surface area is 187 Å². The van der Waals surface area contributed by atoms with E-state index in [2.05, 4.69) is 83.1 Å². The van der Waals surface area contributed by atoms with Crippen LogP contribution in [0, 0.1) is 120 Å². The van der Waals surface area contributed by atoms with Gasteiger partial charge in [-0.1, -0.05) is 69.2 Å². The molecule has 0 amide bonds. The second-order valence-corrected chi connectivity index (χ2v) is 6.54. The van der Waals surface area contributed by atoms with Crippen molar-refractivity contribution >= 4 is 0 Å². The Morgan fingerprint density at radius 2 is 0.417 bits per heavy atom. The van der Waals surface area contributed by atoms with Crippen LogP contribution in [-0.4, -0.2) is 0 Å². The van der Waals surface area contributed by atoms with Crippen LogP contribution in [0.2, 0.25) is 0 Å². The molecule has 0 aromatic heterocycles. The van der Waals surface area contributed by atoms with Crippen molar-refractivity contribution in [3.63, 3.8) is 0 Å². The van der Waals surface area contributed by atoms with E-state index >= 15 is 0 Å². The average Bonchev–Trinajstić information content (AvgIpc) is 2.80. The van der Waals surface area contributed by atoms with Gasteiger partial charge in [0.2, 0.25) is 0 Å². The SMILES string of the molecule is C[C]1[C](C)[C](C)[C](C)[C]1C.C[C]1[C](C)[C](C)[C](C)[C]1C.[CH2][CH][CH2].[Sm]. The van der Waals surface area contributed by atoms with Gasteiger partial charge in [0.25, 0.3) is 0 Å². The van der Waals surface area contributed by atoms with E-state index in [1.54, 1.807) is 0 Å². The van der Waals surface area contributed by atoms with Gasteiger partial charge in [0, 0.05) is 40.4 Å². The summed E-state index contributed by atoms with van der Waals surface area (Å²) in [7, 11) is 0. The van der Waals surface area contributed by atoms with Gasteiger partial charge >= 0.3 is 0 Å². The molecule has 2 saturated carbocycles. The molecule has 0 aromatic rings. The van der Waals surface area contributed by atoms with E-state index in [0.29, 0.717) is 0 Å². The molecule has 13 radical (unpaired) electrons. The van der Waals surface area contributed by atoms with Gasteiger partial charge in [-0.3, -0.25) is 0 Å². The summed E-state index contributed by atoms with van der Waals surface area (Å²) in [5.74, 6) is 14.7. The van der Waals surface area contributed by atoms with Gasteiger partial charge in [-0.05, 0) is 79.4 Å². The normalized spacial score (nSPS) is 24.5. The largest absolute Gasteiger partial charge is 0.0579 e. The summed E-state index contributed by atoms with van der Waals surface area (Å²) in [6.45, 7) is 28.5. The van der Waals surface area contributed by atoms with E-state index in [4.69, 9.17) is 0 Å². The zero-order valence-corrected chi connectivity index (χ0v) is 20.0. The van der Waals surface area contributed by atoms with Crippen molar-refractivity contribution in [2.24, 2.45) is 0 Å². The molecule has 0 atom stereocenters. The third-order valence-electron chi connectivity index (χ3n) is 5.62. The molecule has 0 spiro atoms. The second kappa shape index (κ2) is 12.7. The van der Waals surface area contributed by atoms with Crippen LogP contribution < -0.4 is 0 Å². The molecule has 0 N–H and O–H groups in total. The van der Waals surface area contributed by atoms with Crippen molar-refractivity contribution in [2.75, 3.05) is 0 Å². The topological polar surface area (TPSA) is 0 Å². The fourth-order valence-electron chi connectivity index (χ4n) is 2.81. The smallest absolute Gasteiger partial charge is 0 e. The molecule has 0 aromatic carbocycles. The van der Waals surface area contributed by atoms with Gasteiger partial charge in [0.05, 0.1) is 0 Å². The van der Waals surface area contributed by atoms with Crippen molar-refractivity contribution in [3.05, 3.63) is 79.4 Å². The fraction of sp³-hybridized carbons (Fsp3) is 0.435. The molecular formula is C23H35Sm. The first-order chi connectivity index (χ1) is 10.5. The van der Waals surface area contributed by atoms with Crippen LogP contribution in [0.1, 0.15) is 69.2 Å². The van der Waals surface area contributed by atoms with Gasteiger partial charge in [0.15, 0.2) is 0 Å². The summed E-state index contributed by atoms with van der Waals surface area (Å²) >= 11 is 0. The summed E-state index contributed by atoms with van der Waals surface area (Å²) in [5.41, 5.74) is 0. The molecule has 0 saturated heterocycles. The van der Waals surface area contributed by atoms with Crippen molar-refractivity contribution in [1.82, 2.24) is 0 Å². The van der Waals surface area contributed by atoms with E-state index < -0.39 is 0 Å². The molecule has 0 unspecified atom stereocenters. The summed E-state index contributed by atoms with van der Waals surface area (Å²) in [4.78, 5) is 0. The zero-order valence-electron chi connectivity index (χ0n) is 17.4. The van der Waals surface area contributed by atoms with Crippen molar-refractivity contribution < 1.29 is 40.4 Å². The van der Waals surface area contributed by atoms with Gasteiger partial charge in [-0.25, -0.2) is 0 Å². The first kappa shape index (κ1) is 27.6. The van der Waals surface area contributed by atoms with Crippen molar-refractivity contribution in [1.29, 1.82) is 0 Å². The summed E-state index contributed by atoms with van der Waals surface area (Å²) in [6, 6.07) is 0. The Hall–Kier alpha value is 1.34. The van der Waals surface area contributed by atoms with E-state index in [1.807, 2.05) is 0 Å². The minimum Gasteiger partial charge on any atom is -0.0579 e. The second-order valence-electron chi connectivity index (χ2n) is 6.54. The van der Waals surface area contributed by atoms with E-state index in [0.717, 1.165) is 0 Å². The van der Waals surface area contributed by atoms with Crippen LogP contribution in [0.3, 0.4) is 0 Å². The maximum absolute atomic E-state index is 3.25. The van der Waals surface area contributed by atoms with Crippen LogP contribution in [0.25, 0.3) is 0 Å². The molecule has 0 bridgehead atoms. The Balaban J connectivity index is 0. The zero-order chi connectivity index (χ0) is 18.5. The Bertz CT molecular complexity index is 193. The summed E-state index contributed by atoms with van der Waals surface area (Å²) in [6.07, 6.45) is 1.50. The molecule has 0 heterocycles. The average molecular weight is 462 g/mol. The predicted molar refractivity (Wildman–Crippen MR) is 104 cm³/mol. The third-order valence-corrected chi connectivity index (χ3v) is 5.62. The minimum absolute atomic E-state index is 0. The molecule has 0 aliphatic heterocycles. The molecule has 0 nitrogen and oxygen atoms in total. The molecular weight excluding hydrogens is 427 g/mol. The van der Waals surface area contributed by atoms with E-state index in [1.165, 1.54) is 65.6 Å². The monoisotopic (exact) mass is 463 g/mol. The number of rotatable bonds is 0. The van der Waals surface area contributed by atoms with E-state index in [-0.39, 0.29) is 40.4 Å². The van der Waals surface area contributed by atoms with Crippen LogP contribution in [-0.2, 0) is 0 Å². The summed E-state index contributed by atoms with van der Waals surface area (Å²) < 4.78 is 0. The van der Waals surface area contributed by atoms with Gasteiger partial charge in [-0.15, -0.1) is 0 Å². The quantitative estimate of drug-likeness (QED) is 0.372. The first-order valence-electron chi connectivity index (χ1n) is 8.32. The minimum atomic E-state index is 0. The van der Waals surface area contributed by atoms with Gasteiger partial charge in [-0.2, -0.15) is 0 Å². The fourth-order valence-corrected chi connectivity index (χ4v) is 2.81. The molecule has 24 heavy (non-hydrogen) atoms. The Morgan fingerprint density at radius 1 is 0.375 bits per heavy atom. The van der Waals surface area contributed by atoms with Crippen LogP contribution in [0.5, 0.6) is 0 Å². The molecule has 1 heteroatoms. The molecule has 2 fully saturated rings. The summed E-state index contributed by atoms with van der Waals surface area (Å²) in [5, 5.41) is 0. The van der Waals surface area contributed by atoms with Crippen LogP contribution in [0.4, 0.5) is 0 Å². The molecule has 133 valence electrons. The molecule has 2 aliphatic carbocycles. The standard InChI is InChI=1S/2C10H15.C3H5.Sm/c2*1-6-7(2)9(4)10(5)8(6)3;1-3-2;/h2*1-5H3;3H,1-2H2;. The van der Waals surface area contributed by atoms with Crippen molar-refractivity contribution in [3.8, 4) is 0 Å². The number of hydrogen-bond donors (Lipinski definition) is 0. The van der Waals surface area contributed by atoms with Gasteiger partial charge in [0.1, 0.15) is 0 Å². The molecule has 2 aliphatic rings. The maximum atomic E-state index is 3.25. The Kier molecular flexibility index (Phi) is 14.6. The maximum Gasteiger partial charge on any atom is 0 e. The van der Waals surface area contributed by atoms with Crippen LogP contribution >= 0.6 is 0 Å². The van der Waals surface area contributed by atoms with Crippen molar-refractivity contribution in [2.45, 2.75) is 69.2 Å². The third kappa shape index (κ3) is 6.81.